The number of ether oxygens (including phenoxy) is 4. The van der Waals surface area contributed by atoms with E-state index < -0.39 is 47.5 Å². The average molecular weight is 392 g/mol. The molecule has 1 aromatic carbocycles. The molecular weight excluding hydrogens is 372 g/mol. The summed E-state index contributed by atoms with van der Waals surface area (Å²) in [5.41, 5.74) is 0.348. The van der Waals surface area contributed by atoms with Crippen molar-refractivity contribution < 1.29 is 33.8 Å². The van der Waals surface area contributed by atoms with E-state index in [-0.39, 0.29) is 17.7 Å². The molecule has 4 heterocycles. The predicted molar refractivity (Wildman–Crippen MR) is 90.6 cm³/mol. The summed E-state index contributed by atoms with van der Waals surface area (Å²) in [5.74, 6) is -1.79. The molecule has 1 amide bonds. The minimum absolute atomic E-state index is 0.0792. The van der Waals surface area contributed by atoms with Gasteiger partial charge in [-0.2, -0.15) is 0 Å². The number of carbonyl (C=O) groups is 1. The van der Waals surface area contributed by atoms with E-state index in [4.69, 9.17) is 18.9 Å². The zero-order valence-electron chi connectivity index (χ0n) is 15.3. The molecule has 5 rings (SSSR count). The van der Waals surface area contributed by atoms with Crippen LogP contribution < -0.4 is 0 Å². The smallest absolute Gasteiger partial charge is 0.269 e. The van der Waals surface area contributed by atoms with Gasteiger partial charge in [0.1, 0.15) is 30.5 Å². The van der Waals surface area contributed by atoms with Crippen molar-refractivity contribution in [2.75, 3.05) is 6.54 Å². The fourth-order valence-electron chi connectivity index (χ4n) is 4.41. The highest BCUT2D eigenvalue weighted by molar-refractivity contribution is 5.86. The predicted octanol–water partition coefficient (Wildman–Crippen LogP) is 0.688. The van der Waals surface area contributed by atoms with Crippen LogP contribution >= 0.6 is 0 Å². The van der Waals surface area contributed by atoms with Crippen molar-refractivity contribution in [2.24, 2.45) is 5.92 Å². The molecule has 10 heteroatoms. The maximum Gasteiger partial charge on any atom is 0.269 e. The van der Waals surface area contributed by atoms with Gasteiger partial charge in [0.15, 0.2) is 12.1 Å². The number of benzene rings is 1. The third-order valence-electron chi connectivity index (χ3n) is 5.73. The molecule has 7 atom stereocenters. The van der Waals surface area contributed by atoms with E-state index in [1.165, 1.54) is 29.2 Å². The van der Waals surface area contributed by atoms with Crippen LogP contribution in [0.2, 0.25) is 0 Å². The Morgan fingerprint density at radius 1 is 1.21 bits per heavy atom. The molecular formula is C18H20N2O8. The number of aliphatic hydroxyl groups excluding tert-OH is 1. The lowest BCUT2D eigenvalue weighted by Gasteiger charge is -2.53. The van der Waals surface area contributed by atoms with E-state index in [1.807, 2.05) is 0 Å². The van der Waals surface area contributed by atoms with Crippen LogP contribution in [0.15, 0.2) is 24.3 Å². The third-order valence-corrected chi connectivity index (χ3v) is 5.73. The minimum Gasteiger partial charge on any atom is -0.387 e. The summed E-state index contributed by atoms with van der Waals surface area (Å²) >= 11 is 0. The molecule has 4 saturated heterocycles. The highest BCUT2D eigenvalue weighted by Gasteiger charge is 2.64. The molecule has 150 valence electrons. The summed E-state index contributed by atoms with van der Waals surface area (Å²) in [6, 6.07) is 5.52. The molecule has 0 spiro atoms. The fraction of sp³-hybridized carbons (Fsp3) is 0.611. The van der Waals surface area contributed by atoms with Gasteiger partial charge >= 0.3 is 0 Å². The number of non-ortho nitro benzene ring substituents is 1. The number of hydrogen-bond acceptors (Lipinski definition) is 8. The normalized spacial score (nSPS) is 39.0. The van der Waals surface area contributed by atoms with Crippen LogP contribution in [-0.4, -0.2) is 64.0 Å². The monoisotopic (exact) mass is 392 g/mol. The number of nitrogens with zero attached hydrogens (tertiary/aromatic N) is 2. The van der Waals surface area contributed by atoms with Crippen LogP contribution in [0.1, 0.15) is 25.5 Å². The summed E-state index contributed by atoms with van der Waals surface area (Å²) in [4.78, 5) is 24.4. The van der Waals surface area contributed by atoms with E-state index in [9.17, 15) is 20.0 Å². The first-order valence-electron chi connectivity index (χ1n) is 9.15. The highest BCUT2D eigenvalue weighted by Crippen LogP contribution is 2.47. The number of hydrogen-bond donors (Lipinski definition) is 1. The van der Waals surface area contributed by atoms with Gasteiger partial charge in [-0.15, -0.1) is 0 Å². The Morgan fingerprint density at radius 3 is 2.61 bits per heavy atom. The van der Waals surface area contributed by atoms with Gasteiger partial charge in [0.2, 0.25) is 5.91 Å². The van der Waals surface area contributed by atoms with Crippen molar-refractivity contribution in [3.63, 3.8) is 0 Å². The van der Waals surface area contributed by atoms with Crippen molar-refractivity contribution in [1.29, 1.82) is 0 Å². The average Bonchev–Trinajstić information content (AvgIpc) is 3.12. The molecule has 10 nitrogen and oxygen atoms in total. The molecule has 28 heavy (non-hydrogen) atoms. The van der Waals surface area contributed by atoms with Crippen molar-refractivity contribution in [3.05, 3.63) is 39.9 Å². The zero-order chi connectivity index (χ0) is 19.8. The molecule has 4 aliphatic rings. The van der Waals surface area contributed by atoms with Gasteiger partial charge in [0.05, 0.1) is 17.6 Å². The van der Waals surface area contributed by atoms with Crippen molar-refractivity contribution in [2.45, 2.75) is 56.6 Å². The Hall–Kier alpha value is -2.11. The Morgan fingerprint density at radius 2 is 1.93 bits per heavy atom. The molecule has 4 fully saturated rings. The lowest BCUT2D eigenvalue weighted by Crippen LogP contribution is -2.70. The zero-order valence-corrected chi connectivity index (χ0v) is 15.3. The molecule has 4 aliphatic heterocycles. The quantitative estimate of drug-likeness (QED) is 0.453. The maximum absolute atomic E-state index is 12.6. The second-order valence-corrected chi connectivity index (χ2v) is 7.94. The Labute approximate surface area is 160 Å². The molecule has 1 N–H and O–H groups in total. The summed E-state index contributed by atoms with van der Waals surface area (Å²) in [7, 11) is 0. The SMILES string of the molecule is CC1(C)O[C@H]2O[C@@H]3CN4C(=O)[C@H](C(O)c5ccc([N+](=O)[O-])cc5)[C@H]4O[C@@H]3[C@H]2O1. The van der Waals surface area contributed by atoms with Gasteiger partial charge in [-0.25, -0.2) is 0 Å². The first-order chi connectivity index (χ1) is 13.2. The summed E-state index contributed by atoms with van der Waals surface area (Å²) in [6.07, 6.45) is -3.40. The van der Waals surface area contributed by atoms with E-state index in [2.05, 4.69) is 0 Å². The van der Waals surface area contributed by atoms with Crippen molar-refractivity contribution in [3.8, 4) is 0 Å². The van der Waals surface area contributed by atoms with Gasteiger partial charge in [0.25, 0.3) is 5.69 Å². The number of nitro benzene ring substituents is 1. The van der Waals surface area contributed by atoms with Crippen LogP contribution in [0.4, 0.5) is 5.69 Å². The number of β-lactam (4-membered cyclic amide) rings is 1. The van der Waals surface area contributed by atoms with Crippen LogP contribution in [0.5, 0.6) is 0 Å². The Balaban J connectivity index is 1.33. The number of rotatable bonds is 3. The van der Waals surface area contributed by atoms with E-state index in [1.54, 1.807) is 13.8 Å². The standard InChI is InChI=1S/C18H20N2O8/c1-18(2)27-14-13-10(25-17(14)28-18)7-19-15(22)11(16(19)26-13)12(21)8-3-5-9(6-4-8)20(23)24/h3-6,10-14,16-17,21H,7H2,1-2H3/t10-,11+,12?,13+,14-,16-,17-/m1/s1. The number of aliphatic hydroxyl groups is 1. The summed E-state index contributed by atoms with van der Waals surface area (Å²) in [5, 5.41) is 21.5. The Bertz CT molecular complexity index is 827. The lowest BCUT2D eigenvalue weighted by atomic mass is 9.84. The topological polar surface area (TPSA) is 121 Å². The molecule has 0 bridgehead atoms. The number of carbonyl (C=O) groups excluding carboxylic acids is 1. The van der Waals surface area contributed by atoms with E-state index in [0.29, 0.717) is 12.1 Å². The molecule has 0 aliphatic carbocycles. The summed E-state index contributed by atoms with van der Waals surface area (Å²) < 4.78 is 23.6. The first kappa shape index (κ1) is 18.0. The van der Waals surface area contributed by atoms with Gasteiger partial charge in [-0.05, 0) is 31.5 Å². The van der Waals surface area contributed by atoms with Gasteiger partial charge in [-0.3, -0.25) is 14.9 Å². The molecule has 0 radical (unpaired) electrons. The molecule has 1 aromatic rings. The van der Waals surface area contributed by atoms with Crippen LogP contribution in [0.25, 0.3) is 0 Å². The molecule has 0 saturated carbocycles. The number of fused-ring (bicyclic) bond motifs is 4. The van der Waals surface area contributed by atoms with Crippen LogP contribution in [-0.2, 0) is 23.7 Å². The van der Waals surface area contributed by atoms with Crippen LogP contribution in [0, 0.1) is 16.0 Å². The van der Waals surface area contributed by atoms with Gasteiger partial charge < -0.3 is 29.0 Å². The minimum atomic E-state index is -1.12. The Kier molecular flexibility index (Phi) is 3.81. The summed E-state index contributed by atoms with van der Waals surface area (Å²) in [6.45, 7) is 3.94. The van der Waals surface area contributed by atoms with Crippen molar-refractivity contribution in [1.82, 2.24) is 4.90 Å². The molecule has 0 aromatic heterocycles. The van der Waals surface area contributed by atoms with Gasteiger partial charge in [-0.1, -0.05) is 0 Å². The van der Waals surface area contributed by atoms with Crippen LogP contribution in [0.3, 0.4) is 0 Å². The second-order valence-electron chi connectivity index (χ2n) is 7.94. The largest absolute Gasteiger partial charge is 0.387 e. The first-order valence-corrected chi connectivity index (χ1v) is 9.15. The third kappa shape index (κ3) is 2.56. The number of nitro groups is 1. The molecule has 1 unspecified atom stereocenters. The van der Waals surface area contributed by atoms with E-state index >= 15 is 0 Å². The van der Waals surface area contributed by atoms with E-state index in [0.717, 1.165) is 0 Å². The van der Waals surface area contributed by atoms with Gasteiger partial charge in [0, 0.05) is 12.1 Å². The van der Waals surface area contributed by atoms with Crippen molar-refractivity contribution >= 4 is 11.6 Å². The number of amides is 1. The maximum atomic E-state index is 12.6. The fourth-order valence-corrected chi connectivity index (χ4v) is 4.41. The highest BCUT2D eigenvalue weighted by atomic mass is 16.8. The lowest BCUT2D eigenvalue weighted by molar-refractivity contribution is -0.384. The second kappa shape index (κ2) is 5.94.